The lowest BCUT2D eigenvalue weighted by Crippen LogP contribution is -2.37. The van der Waals surface area contributed by atoms with Crippen LogP contribution in [0.1, 0.15) is 41.5 Å². The van der Waals surface area contributed by atoms with E-state index in [-0.39, 0.29) is 11.9 Å². The second-order valence-corrected chi connectivity index (χ2v) is 7.09. The summed E-state index contributed by atoms with van der Waals surface area (Å²) >= 11 is 1.68. The Kier molecular flexibility index (Phi) is 5.68. The van der Waals surface area contributed by atoms with Crippen LogP contribution in [0.4, 0.5) is 0 Å². The molecule has 0 aromatic carbocycles. The van der Waals surface area contributed by atoms with Crippen molar-refractivity contribution in [3.63, 3.8) is 0 Å². The number of likely N-dealkylation sites (N-methyl/N-ethyl adjacent to an activating group) is 1. The van der Waals surface area contributed by atoms with E-state index in [0.717, 1.165) is 29.8 Å². The predicted octanol–water partition coefficient (Wildman–Crippen LogP) is 3.15. The SMILES string of the molecule is CCN(CC)[C@H](CNC(=O)c1cnc2c(c1)c(C)nn2C)c1ccsc1. The highest BCUT2D eigenvalue weighted by Crippen LogP contribution is 2.22. The van der Waals surface area contributed by atoms with Gasteiger partial charge in [-0.2, -0.15) is 16.4 Å². The summed E-state index contributed by atoms with van der Waals surface area (Å²) in [6.45, 7) is 8.67. The number of hydrogen-bond acceptors (Lipinski definition) is 5. The van der Waals surface area contributed by atoms with Crippen molar-refractivity contribution < 1.29 is 4.79 Å². The van der Waals surface area contributed by atoms with Crippen LogP contribution < -0.4 is 5.32 Å². The Labute approximate surface area is 157 Å². The van der Waals surface area contributed by atoms with Gasteiger partial charge in [-0.05, 0) is 48.5 Å². The average molecular weight is 372 g/mol. The Morgan fingerprint density at radius 3 is 2.81 bits per heavy atom. The Hall–Kier alpha value is -2.25. The van der Waals surface area contributed by atoms with Crippen LogP contribution in [0.2, 0.25) is 0 Å². The average Bonchev–Trinajstić information content (AvgIpc) is 3.27. The zero-order valence-electron chi connectivity index (χ0n) is 15.7. The summed E-state index contributed by atoms with van der Waals surface area (Å²) in [7, 11) is 1.86. The minimum absolute atomic E-state index is 0.102. The molecule has 6 nitrogen and oxygen atoms in total. The molecule has 3 rings (SSSR count). The van der Waals surface area contributed by atoms with Crippen LogP contribution in [0.3, 0.4) is 0 Å². The summed E-state index contributed by atoms with van der Waals surface area (Å²) < 4.78 is 1.74. The highest BCUT2D eigenvalue weighted by atomic mass is 32.1. The van der Waals surface area contributed by atoms with Gasteiger partial charge < -0.3 is 5.32 Å². The quantitative estimate of drug-likeness (QED) is 0.693. The zero-order valence-corrected chi connectivity index (χ0v) is 16.5. The largest absolute Gasteiger partial charge is 0.350 e. The molecule has 1 atom stereocenters. The Bertz CT molecular complexity index is 883. The second kappa shape index (κ2) is 7.97. The standard InChI is InChI=1S/C19H25N5OS/c1-5-24(6-2)17(14-7-8-26-12-14)11-21-19(25)15-9-16-13(3)22-23(4)18(16)20-10-15/h7-10,12,17H,5-6,11H2,1-4H3,(H,21,25)/t17-/m1/s1. The van der Waals surface area contributed by atoms with E-state index in [4.69, 9.17) is 0 Å². The van der Waals surface area contributed by atoms with E-state index >= 15 is 0 Å². The van der Waals surface area contributed by atoms with Crippen molar-refractivity contribution in [3.8, 4) is 0 Å². The number of carbonyl (C=O) groups is 1. The van der Waals surface area contributed by atoms with Gasteiger partial charge in [0, 0.05) is 25.2 Å². The molecule has 0 fully saturated rings. The maximum Gasteiger partial charge on any atom is 0.252 e. The fraction of sp³-hybridized carbons (Fsp3) is 0.421. The lowest BCUT2D eigenvalue weighted by Gasteiger charge is -2.29. The molecule has 1 amide bonds. The van der Waals surface area contributed by atoms with Crippen LogP contribution in [0.15, 0.2) is 29.1 Å². The lowest BCUT2D eigenvalue weighted by atomic mass is 10.1. The van der Waals surface area contributed by atoms with E-state index in [1.165, 1.54) is 5.56 Å². The summed E-state index contributed by atoms with van der Waals surface area (Å²) in [5, 5.41) is 12.6. The molecule has 0 spiro atoms. The van der Waals surface area contributed by atoms with Gasteiger partial charge in [0.25, 0.3) is 5.91 Å². The van der Waals surface area contributed by atoms with Gasteiger partial charge in [0.15, 0.2) is 5.65 Å². The fourth-order valence-electron chi connectivity index (χ4n) is 3.31. The molecular weight excluding hydrogens is 346 g/mol. The number of nitrogens with zero attached hydrogens (tertiary/aromatic N) is 4. The van der Waals surface area contributed by atoms with E-state index in [2.05, 4.69) is 51.0 Å². The van der Waals surface area contributed by atoms with Crippen LogP contribution in [0.25, 0.3) is 11.0 Å². The van der Waals surface area contributed by atoms with E-state index in [1.807, 2.05) is 20.0 Å². The van der Waals surface area contributed by atoms with E-state index in [0.29, 0.717) is 12.1 Å². The highest BCUT2D eigenvalue weighted by Gasteiger charge is 2.20. The molecule has 0 aliphatic heterocycles. The number of hydrogen-bond donors (Lipinski definition) is 1. The molecule has 0 bridgehead atoms. The molecule has 0 saturated carbocycles. The summed E-state index contributed by atoms with van der Waals surface area (Å²) in [5.41, 5.74) is 3.48. The highest BCUT2D eigenvalue weighted by molar-refractivity contribution is 7.07. The number of aryl methyl sites for hydroxylation is 2. The molecular formula is C19H25N5OS. The third-order valence-electron chi connectivity index (χ3n) is 4.76. The number of fused-ring (bicyclic) bond motifs is 1. The zero-order chi connectivity index (χ0) is 18.7. The minimum Gasteiger partial charge on any atom is -0.350 e. The second-order valence-electron chi connectivity index (χ2n) is 6.31. The first-order chi connectivity index (χ1) is 12.5. The maximum absolute atomic E-state index is 12.7. The Morgan fingerprint density at radius 2 is 2.15 bits per heavy atom. The monoisotopic (exact) mass is 371 g/mol. The number of nitrogens with one attached hydrogen (secondary N) is 1. The van der Waals surface area contributed by atoms with Crippen LogP contribution in [-0.4, -0.2) is 45.2 Å². The van der Waals surface area contributed by atoms with Crippen molar-refractivity contribution in [1.82, 2.24) is 25.0 Å². The first kappa shape index (κ1) is 18.5. The molecule has 7 heteroatoms. The first-order valence-corrected chi connectivity index (χ1v) is 9.83. The Balaban J connectivity index is 1.77. The van der Waals surface area contributed by atoms with Gasteiger partial charge in [-0.15, -0.1) is 0 Å². The number of carbonyl (C=O) groups excluding carboxylic acids is 1. The number of thiophene rings is 1. The third kappa shape index (κ3) is 3.64. The smallest absolute Gasteiger partial charge is 0.252 e. The fourth-order valence-corrected chi connectivity index (χ4v) is 4.02. The van der Waals surface area contributed by atoms with Gasteiger partial charge >= 0.3 is 0 Å². The number of aromatic nitrogens is 3. The van der Waals surface area contributed by atoms with Crippen molar-refractivity contribution >= 4 is 28.3 Å². The normalized spacial score (nSPS) is 12.7. The van der Waals surface area contributed by atoms with Gasteiger partial charge in [0.05, 0.1) is 17.3 Å². The van der Waals surface area contributed by atoms with Crippen molar-refractivity contribution in [3.05, 3.63) is 45.9 Å². The topological polar surface area (TPSA) is 63.1 Å². The van der Waals surface area contributed by atoms with Crippen LogP contribution >= 0.6 is 11.3 Å². The molecule has 138 valence electrons. The maximum atomic E-state index is 12.7. The Morgan fingerprint density at radius 1 is 1.38 bits per heavy atom. The number of rotatable bonds is 7. The summed E-state index contributed by atoms with van der Waals surface area (Å²) in [5.74, 6) is -0.102. The van der Waals surface area contributed by atoms with Gasteiger partial charge in [0.2, 0.25) is 0 Å². The lowest BCUT2D eigenvalue weighted by molar-refractivity contribution is 0.0935. The van der Waals surface area contributed by atoms with Gasteiger partial charge in [-0.25, -0.2) is 4.98 Å². The molecule has 0 unspecified atom stereocenters. The van der Waals surface area contributed by atoms with Crippen molar-refractivity contribution in [2.45, 2.75) is 26.8 Å². The molecule has 0 saturated heterocycles. The van der Waals surface area contributed by atoms with Crippen molar-refractivity contribution in [1.29, 1.82) is 0 Å². The van der Waals surface area contributed by atoms with Crippen LogP contribution in [0, 0.1) is 6.92 Å². The van der Waals surface area contributed by atoms with Crippen LogP contribution in [0.5, 0.6) is 0 Å². The van der Waals surface area contributed by atoms with Crippen LogP contribution in [-0.2, 0) is 7.05 Å². The molecule has 0 radical (unpaired) electrons. The van der Waals surface area contributed by atoms with Gasteiger partial charge in [0.1, 0.15) is 0 Å². The minimum atomic E-state index is -0.102. The number of pyridine rings is 1. The molecule has 0 aliphatic carbocycles. The molecule has 3 aromatic heterocycles. The molecule has 0 aliphatic rings. The van der Waals surface area contributed by atoms with Gasteiger partial charge in [-0.3, -0.25) is 14.4 Å². The van der Waals surface area contributed by atoms with Crippen molar-refractivity contribution in [2.75, 3.05) is 19.6 Å². The molecule has 26 heavy (non-hydrogen) atoms. The molecule has 3 heterocycles. The molecule has 3 aromatic rings. The molecule has 1 N–H and O–H groups in total. The summed E-state index contributed by atoms with van der Waals surface area (Å²) in [6.07, 6.45) is 1.62. The number of amides is 1. The van der Waals surface area contributed by atoms with Crippen molar-refractivity contribution in [2.24, 2.45) is 7.05 Å². The van der Waals surface area contributed by atoms with E-state index < -0.39 is 0 Å². The van der Waals surface area contributed by atoms with E-state index in [9.17, 15) is 4.79 Å². The van der Waals surface area contributed by atoms with Gasteiger partial charge in [-0.1, -0.05) is 13.8 Å². The van der Waals surface area contributed by atoms with E-state index in [1.54, 1.807) is 22.2 Å². The first-order valence-electron chi connectivity index (χ1n) is 8.88. The summed E-state index contributed by atoms with van der Waals surface area (Å²) in [4.78, 5) is 19.4. The summed E-state index contributed by atoms with van der Waals surface area (Å²) in [6, 6.07) is 4.18. The predicted molar refractivity (Wildman–Crippen MR) is 106 cm³/mol. The third-order valence-corrected chi connectivity index (χ3v) is 5.46.